The summed E-state index contributed by atoms with van der Waals surface area (Å²) in [7, 11) is 0. The molecule has 0 aliphatic carbocycles. The Kier molecular flexibility index (Phi) is 4.41. The monoisotopic (exact) mass is 278 g/mol. The van der Waals surface area contributed by atoms with Crippen LogP contribution in [0.15, 0.2) is 12.1 Å². The summed E-state index contributed by atoms with van der Waals surface area (Å²) < 4.78 is 5.05. The third-order valence-electron chi connectivity index (χ3n) is 2.98. The molecule has 20 heavy (non-hydrogen) atoms. The summed E-state index contributed by atoms with van der Waals surface area (Å²) in [6.45, 7) is 0.784. The second-order valence-electron chi connectivity index (χ2n) is 4.59. The lowest BCUT2D eigenvalue weighted by atomic mass is 10.0. The van der Waals surface area contributed by atoms with Crippen LogP contribution in [0.2, 0.25) is 0 Å². The maximum Gasteiger partial charge on any atom is 0.243 e. The first-order valence-electron chi connectivity index (χ1n) is 6.38. The number of hydrogen-bond acceptors (Lipinski definition) is 5. The molecule has 0 saturated heterocycles. The Labute approximate surface area is 116 Å². The summed E-state index contributed by atoms with van der Waals surface area (Å²) in [6.07, 6.45) is 1.19. The normalized spacial score (nSPS) is 13.5. The van der Waals surface area contributed by atoms with E-state index in [1.807, 2.05) is 6.07 Å². The van der Waals surface area contributed by atoms with Crippen molar-refractivity contribution in [3.05, 3.63) is 17.7 Å². The molecule has 1 aliphatic rings. The SMILES string of the molecule is NC(=O)COCCNc1cc2c(cc1N)NC(=O)CC2. The summed E-state index contributed by atoms with van der Waals surface area (Å²) in [5, 5.41) is 5.93. The minimum absolute atomic E-state index is 0.0115. The first-order chi connectivity index (χ1) is 9.56. The Morgan fingerprint density at radius 3 is 2.95 bits per heavy atom. The van der Waals surface area contributed by atoms with Crippen LogP contribution in [0.4, 0.5) is 17.1 Å². The van der Waals surface area contributed by atoms with Crippen LogP contribution >= 0.6 is 0 Å². The van der Waals surface area contributed by atoms with Crippen LogP contribution in [-0.4, -0.2) is 31.6 Å². The zero-order valence-corrected chi connectivity index (χ0v) is 11.1. The molecule has 2 rings (SSSR count). The van der Waals surface area contributed by atoms with Crippen molar-refractivity contribution in [2.75, 3.05) is 36.1 Å². The number of primary amides is 1. The molecule has 1 aromatic rings. The number of nitrogens with one attached hydrogen (secondary N) is 2. The van der Waals surface area contributed by atoms with Crippen LogP contribution in [0.5, 0.6) is 0 Å². The van der Waals surface area contributed by atoms with Crippen molar-refractivity contribution in [2.45, 2.75) is 12.8 Å². The predicted octanol–water partition coefficient (Wildman–Crippen LogP) is 0.0673. The molecule has 7 heteroatoms. The van der Waals surface area contributed by atoms with Gasteiger partial charge >= 0.3 is 0 Å². The minimum Gasteiger partial charge on any atom is -0.397 e. The molecule has 0 radical (unpaired) electrons. The van der Waals surface area contributed by atoms with Gasteiger partial charge in [0.1, 0.15) is 6.61 Å². The van der Waals surface area contributed by atoms with Crippen LogP contribution in [-0.2, 0) is 20.7 Å². The molecule has 6 N–H and O–H groups in total. The Morgan fingerprint density at radius 2 is 2.20 bits per heavy atom. The highest BCUT2D eigenvalue weighted by Crippen LogP contribution is 2.30. The average molecular weight is 278 g/mol. The fraction of sp³-hybridized carbons (Fsp3) is 0.385. The predicted molar refractivity (Wildman–Crippen MR) is 76.3 cm³/mol. The van der Waals surface area contributed by atoms with Gasteiger partial charge < -0.3 is 26.8 Å². The molecular formula is C13H18N4O3. The highest BCUT2D eigenvalue weighted by Gasteiger charge is 2.16. The summed E-state index contributed by atoms with van der Waals surface area (Å²) in [6, 6.07) is 3.68. The minimum atomic E-state index is -0.492. The van der Waals surface area contributed by atoms with Gasteiger partial charge in [-0.3, -0.25) is 9.59 Å². The third kappa shape index (κ3) is 3.61. The van der Waals surface area contributed by atoms with Gasteiger partial charge in [0.2, 0.25) is 11.8 Å². The van der Waals surface area contributed by atoms with E-state index < -0.39 is 5.91 Å². The quantitative estimate of drug-likeness (QED) is 0.433. The molecule has 0 unspecified atom stereocenters. The average Bonchev–Trinajstić information content (AvgIpc) is 2.38. The Bertz CT molecular complexity index is 531. The number of nitrogens with two attached hydrogens (primary N) is 2. The van der Waals surface area contributed by atoms with Gasteiger partial charge in [0, 0.05) is 18.7 Å². The van der Waals surface area contributed by atoms with E-state index in [4.69, 9.17) is 16.2 Å². The second kappa shape index (κ2) is 6.25. The van der Waals surface area contributed by atoms with Crippen LogP contribution < -0.4 is 22.1 Å². The molecule has 7 nitrogen and oxygen atoms in total. The molecule has 0 saturated carbocycles. The van der Waals surface area contributed by atoms with Gasteiger partial charge in [-0.05, 0) is 24.1 Å². The van der Waals surface area contributed by atoms with Gasteiger partial charge in [-0.25, -0.2) is 0 Å². The number of ether oxygens (including phenoxy) is 1. The van der Waals surface area contributed by atoms with E-state index >= 15 is 0 Å². The molecule has 1 aromatic carbocycles. The molecule has 0 spiro atoms. The number of amides is 2. The molecule has 1 heterocycles. The standard InChI is InChI=1S/C13H18N4O3/c14-9-6-10-8(1-2-13(19)17-10)5-11(9)16-3-4-20-7-12(15)18/h5-6,16H,1-4,7,14H2,(H2,15,18)(H,17,19). The highest BCUT2D eigenvalue weighted by atomic mass is 16.5. The van der Waals surface area contributed by atoms with E-state index in [0.29, 0.717) is 31.7 Å². The lowest BCUT2D eigenvalue weighted by Crippen LogP contribution is -2.21. The smallest absolute Gasteiger partial charge is 0.243 e. The summed E-state index contributed by atoms with van der Waals surface area (Å²) >= 11 is 0. The fourth-order valence-corrected chi connectivity index (χ4v) is 2.03. The number of carbonyl (C=O) groups excluding carboxylic acids is 2. The van der Waals surface area contributed by atoms with E-state index in [2.05, 4.69) is 10.6 Å². The van der Waals surface area contributed by atoms with E-state index in [-0.39, 0.29) is 12.5 Å². The Morgan fingerprint density at radius 1 is 1.40 bits per heavy atom. The second-order valence-corrected chi connectivity index (χ2v) is 4.59. The highest BCUT2D eigenvalue weighted by molar-refractivity contribution is 5.95. The maximum absolute atomic E-state index is 11.3. The molecule has 1 aliphatic heterocycles. The summed E-state index contributed by atoms with van der Waals surface area (Å²) in [4.78, 5) is 21.8. The number of fused-ring (bicyclic) bond motifs is 1. The number of benzene rings is 1. The first kappa shape index (κ1) is 14.1. The van der Waals surface area contributed by atoms with Gasteiger partial charge in [0.15, 0.2) is 0 Å². The number of rotatable bonds is 6. The molecule has 0 bridgehead atoms. The number of nitrogen functional groups attached to an aromatic ring is 1. The fourth-order valence-electron chi connectivity index (χ4n) is 2.03. The number of carbonyl (C=O) groups is 2. The molecule has 0 atom stereocenters. The molecule has 2 amide bonds. The van der Waals surface area contributed by atoms with Crippen molar-refractivity contribution >= 4 is 28.9 Å². The van der Waals surface area contributed by atoms with Gasteiger partial charge in [-0.2, -0.15) is 0 Å². The molecule has 0 aromatic heterocycles. The summed E-state index contributed by atoms with van der Waals surface area (Å²) in [5.74, 6) is -0.480. The zero-order valence-electron chi connectivity index (χ0n) is 11.1. The van der Waals surface area contributed by atoms with Crippen LogP contribution in [0.3, 0.4) is 0 Å². The molecule has 108 valence electrons. The van der Waals surface area contributed by atoms with Crippen molar-refractivity contribution in [1.82, 2.24) is 0 Å². The lowest BCUT2D eigenvalue weighted by molar-refractivity contribution is -0.122. The Hall–Kier alpha value is -2.28. The van der Waals surface area contributed by atoms with E-state index in [1.54, 1.807) is 6.07 Å². The van der Waals surface area contributed by atoms with Crippen LogP contribution in [0.25, 0.3) is 0 Å². The topological polar surface area (TPSA) is 119 Å². The van der Waals surface area contributed by atoms with Crippen LogP contribution in [0.1, 0.15) is 12.0 Å². The largest absolute Gasteiger partial charge is 0.397 e. The number of hydrogen-bond donors (Lipinski definition) is 4. The summed E-state index contributed by atoms with van der Waals surface area (Å²) in [5.41, 5.74) is 14.1. The van der Waals surface area contributed by atoms with Gasteiger partial charge in [0.25, 0.3) is 0 Å². The third-order valence-corrected chi connectivity index (χ3v) is 2.98. The zero-order chi connectivity index (χ0) is 14.5. The van der Waals surface area contributed by atoms with E-state index in [0.717, 1.165) is 16.9 Å². The van der Waals surface area contributed by atoms with E-state index in [1.165, 1.54) is 0 Å². The number of anilines is 3. The van der Waals surface area contributed by atoms with Gasteiger partial charge in [-0.1, -0.05) is 0 Å². The van der Waals surface area contributed by atoms with Gasteiger partial charge in [-0.15, -0.1) is 0 Å². The Balaban J connectivity index is 1.92. The van der Waals surface area contributed by atoms with Crippen molar-refractivity contribution in [1.29, 1.82) is 0 Å². The van der Waals surface area contributed by atoms with Gasteiger partial charge in [0.05, 0.1) is 18.0 Å². The number of aryl methyl sites for hydroxylation is 1. The molecular weight excluding hydrogens is 260 g/mol. The van der Waals surface area contributed by atoms with Crippen molar-refractivity contribution in [3.8, 4) is 0 Å². The van der Waals surface area contributed by atoms with E-state index in [9.17, 15) is 9.59 Å². The maximum atomic E-state index is 11.3. The van der Waals surface area contributed by atoms with Crippen molar-refractivity contribution < 1.29 is 14.3 Å². The van der Waals surface area contributed by atoms with Crippen molar-refractivity contribution in [3.63, 3.8) is 0 Å². The lowest BCUT2D eigenvalue weighted by Gasteiger charge is -2.19. The first-order valence-corrected chi connectivity index (χ1v) is 6.38. The van der Waals surface area contributed by atoms with Crippen molar-refractivity contribution in [2.24, 2.45) is 5.73 Å². The molecule has 0 fully saturated rings. The van der Waals surface area contributed by atoms with Crippen LogP contribution in [0, 0.1) is 0 Å².